The topological polar surface area (TPSA) is 75.3 Å². The van der Waals surface area contributed by atoms with E-state index >= 15 is 0 Å². The van der Waals surface area contributed by atoms with Crippen molar-refractivity contribution >= 4 is 15.9 Å². The van der Waals surface area contributed by atoms with Gasteiger partial charge in [-0.05, 0) is 38.0 Å². The fraction of sp³-hybridized carbons (Fsp3) is 0.316. The highest BCUT2D eigenvalue weighted by Crippen LogP contribution is 2.09. The molecule has 0 saturated carbocycles. The number of carbonyl (C=O) groups is 1. The number of benzene rings is 2. The Hall–Kier alpha value is -2.18. The third kappa shape index (κ3) is 6.32. The number of amides is 1. The Morgan fingerprint density at radius 1 is 0.880 bits per heavy atom. The van der Waals surface area contributed by atoms with Crippen LogP contribution in [0.15, 0.2) is 53.4 Å². The summed E-state index contributed by atoms with van der Waals surface area (Å²) in [7, 11) is -3.54. The second-order valence-electron chi connectivity index (χ2n) is 6.05. The first-order chi connectivity index (χ1) is 11.9. The molecule has 0 bridgehead atoms. The van der Waals surface area contributed by atoms with Gasteiger partial charge in [-0.15, -0.1) is 0 Å². The minimum absolute atomic E-state index is 0.0879. The van der Waals surface area contributed by atoms with Crippen LogP contribution in [0.25, 0.3) is 0 Å². The molecule has 0 spiro atoms. The molecular formula is C19H24N2O3S. The normalized spacial score (nSPS) is 11.3. The highest BCUT2D eigenvalue weighted by molar-refractivity contribution is 7.89. The second-order valence-corrected chi connectivity index (χ2v) is 7.81. The zero-order valence-electron chi connectivity index (χ0n) is 14.6. The summed E-state index contributed by atoms with van der Waals surface area (Å²) in [6.07, 6.45) is 1.05. The van der Waals surface area contributed by atoms with Crippen LogP contribution in [-0.2, 0) is 21.2 Å². The van der Waals surface area contributed by atoms with E-state index in [1.165, 1.54) is 5.56 Å². The first-order valence-corrected chi connectivity index (χ1v) is 9.74. The minimum atomic E-state index is -3.54. The molecule has 134 valence electrons. The molecule has 0 atom stereocenters. The summed E-state index contributed by atoms with van der Waals surface area (Å²) in [5.74, 6) is -0.0879. The molecule has 0 radical (unpaired) electrons. The van der Waals surface area contributed by atoms with Crippen LogP contribution >= 0.6 is 0 Å². The summed E-state index contributed by atoms with van der Waals surface area (Å²) in [6, 6.07) is 14.7. The van der Waals surface area contributed by atoms with E-state index in [0.29, 0.717) is 12.8 Å². The lowest BCUT2D eigenvalue weighted by molar-refractivity contribution is -0.121. The Kier molecular flexibility index (Phi) is 6.73. The van der Waals surface area contributed by atoms with Gasteiger partial charge in [0.15, 0.2) is 0 Å². The molecule has 25 heavy (non-hydrogen) atoms. The van der Waals surface area contributed by atoms with Crippen LogP contribution in [0, 0.1) is 13.8 Å². The third-order valence-corrected chi connectivity index (χ3v) is 5.31. The van der Waals surface area contributed by atoms with Gasteiger partial charge in [-0.2, -0.15) is 0 Å². The lowest BCUT2D eigenvalue weighted by atomic mass is 10.1. The number of sulfonamides is 1. The number of rotatable bonds is 8. The number of nitrogens with one attached hydrogen (secondary N) is 2. The van der Waals surface area contributed by atoms with Crippen molar-refractivity contribution < 1.29 is 13.2 Å². The van der Waals surface area contributed by atoms with Gasteiger partial charge >= 0.3 is 0 Å². The van der Waals surface area contributed by atoms with Gasteiger partial charge in [0.05, 0.1) is 4.90 Å². The van der Waals surface area contributed by atoms with Gasteiger partial charge in [0.25, 0.3) is 0 Å². The maximum absolute atomic E-state index is 12.1. The summed E-state index contributed by atoms with van der Waals surface area (Å²) in [6.45, 7) is 4.34. The summed E-state index contributed by atoms with van der Waals surface area (Å²) < 4.78 is 26.7. The number of hydrogen-bond acceptors (Lipinski definition) is 3. The van der Waals surface area contributed by atoms with E-state index in [4.69, 9.17) is 0 Å². The van der Waals surface area contributed by atoms with Gasteiger partial charge in [0.2, 0.25) is 15.9 Å². The van der Waals surface area contributed by atoms with Gasteiger partial charge < -0.3 is 5.32 Å². The molecule has 0 aliphatic rings. The molecule has 0 aliphatic carbocycles. The maximum atomic E-state index is 12.1. The van der Waals surface area contributed by atoms with Crippen molar-refractivity contribution in [2.45, 2.75) is 31.6 Å². The largest absolute Gasteiger partial charge is 0.355 e. The van der Waals surface area contributed by atoms with Crippen LogP contribution in [0.2, 0.25) is 0 Å². The van der Waals surface area contributed by atoms with Crippen molar-refractivity contribution in [1.82, 2.24) is 10.0 Å². The predicted molar refractivity (Wildman–Crippen MR) is 98.9 cm³/mol. The molecule has 2 rings (SSSR count). The molecule has 6 heteroatoms. The Bertz CT molecular complexity index is 798. The van der Waals surface area contributed by atoms with Crippen LogP contribution in [-0.4, -0.2) is 27.4 Å². The number of carbonyl (C=O) groups excluding carboxylic acids is 1. The zero-order chi connectivity index (χ0) is 18.3. The van der Waals surface area contributed by atoms with E-state index in [2.05, 4.69) is 10.0 Å². The fourth-order valence-corrected chi connectivity index (χ4v) is 3.32. The van der Waals surface area contributed by atoms with Gasteiger partial charge in [-0.3, -0.25) is 4.79 Å². The van der Waals surface area contributed by atoms with E-state index in [9.17, 15) is 13.2 Å². The zero-order valence-corrected chi connectivity index (χ0v) is 15.4. The van der Waals surface area contributed by atoms with Crippen LogP contribution in [0.5, 0.6) is 0 Å². The first kappa shape index (κ1) is 19.1. The van der Waals surface area contributed by atoms with Gasteiger partial charge in [-0.1, -0.05) is 47.5 Å². The first-order valence-electron chi connectivity index (χ1n) is 8.25. The van der Waals surface area contributed by atoms with Gasteiger partial charge in [0, 0.05) is 19.5 Å². The molecule has 2 aromatic carbocycles. The third-order valence-electron chi connectivity index (χ3n) is 3.83. The van der Waals surface area contributed by atoms with Crippen LogP contribution < -0.4 is 10.0 Å². The smallest absolute Gasteiger partial charge is 0.240 e. The van der Waals surface area contributed by atoms with Crippen molar-refractivity contribution in [2.75, 3.05) is 13.1 Å². The average Bonchev–Trinajstić information content (AvgIpc) is 2.59. The molecule has 2 N–H and O–H groups in total. The quantitative estimate of drug-likeness (QED) is 0.710. The van der Waals surface area contributed by atoms with E-state index in [1.807, 2.05) is 38.1 Å². The van der Waals surface area contributed by atoms with Gasteiger partial charge in [-0.25, -0.2) is 13.1 Å². The van der Waals surface area contributed by atoms with E-state index in [-0.39, 0.29) is 23.9 Å². The van der Waals surface area contributed by atoms with Crippen molar-refractivity contribution in [3.63, 3.8) is 0 Å². The molecule has 1 amide bonds. The van der Waals surface area contributed by atoms with E-state index in [0.717, 1.165) is 11.1 Å². The SMILES string of the molecule is Cc1ccc(CCC(=O)NCCNS(=O)(=O)c2ccc(C)cc2)cc1. The molecule has 0 saturated heterocycles. The molecule has 0 heterocycles. The van der Waals surface area contributed by atoms with Crippen LogP contribution in [0.1, 0.15) is 23.1 Å². The van der Waals surface area contributed by atoms with E-state index in [1.54, 1.807) is 24.3 Å². The van der Waals surface area contributed by atoms with Crippen molar-refractivity contribution in [3.05, 3.63) is 65.2 Å². The summed E-state index contributed by atoms with van der Waals surface area (Å²) in [4.78, 5) is 12.1. The molecule has 5 nitrogen and oxygen atoms in total. The highest BCUT2D eigenvalue weighted by Gasteiger charge is 2.12. The summed E-state index contributed by atoms with van der Waals surface area (Å²) >= 11 is 0. The average molecular weight is 360 g/mol. The highest BCUT2D eigenvalue weighted by atomic mass is 32.2. The van der Waals surface area contributed by atoms with E-state index < -0.39 is 10.0 Å². The number of aryl methyl sites for hydroxylation is 3. The lowest BCUT2D eigenvalue weighted by Gasteiger charge is -2.08. The molecule has 0 aliphatic heterocycles. The number of hydrogen-bond donors (Lipinski definition) is 2. The van der Waals surface area contributed by atoms with Crippen molar-refractivity contribution in [2.24, 2.45) is 0 Å². The Labute approximate surface area is 149 Å². The molecule has 0 unspecified atom stereocenters. The maximum Gasteiger partial charge on any atom is 0.240 e. The molecular weight excluding hydrogens is 336 g/mol. The van der Waals surface area contributed by atoms with Crippen molar-refractivity contribution in [3.8, 4) is 0 Å². The minimum Gasteiger partial charge on any atom is -0.355 e. The second kappa shape index (κ2) is 8.78. The fourth-order valence-electron chi connectivity index (χ4n) is 2.29. The molecule has 2 aromatic rings. The summed E-state index contributed by atoms with van der Waals surface area (Å²) in [5.41, 5.74) is 3.30. The lowest BCUT2D eigenvalue weighted by Crippen LogP contribution is -2.34. The van der Waals surface area contributed by atoms with Crippen LogP contribution in [0.4, 0.5) is 0 Å². The van der Waals surface area contributed by atoms with Gasteiger partial charge in [0.1, 0.15) is 0 Å². The Balaban J connectivity index is 1.70. The predicted octanol–water partition coefficient (Wildman–Crippen LogP) is 2.33. The Morgan fingerprint density at radius 2 is 1.44 bits per heavy atom. The van der Waals surface area contributed by atoms with Crippen molar-refractivity contribution in [1.29, 1.82) is 0 Å². The summed E-state index contributed by atoms with van der Waals surface area (Å²) in [5, 5.41) is 2.73. The Morgan fingerprint density at radius 3 is 2.04 bits per heavy atom. The van der Waals surface area contributed by atoms with Crippen LogP contribution in [0.3, 0.4) is 0 Å². The monoisotopic (exact) mass is 360 g/mol. The molecule has 0 fully saturated rings. The molecule has 0 aromatic heterocycles. The standard InChI is InChI=1S/C19H24N2O3S/c1-15-3-7-17(8-4-15)9-12-19(22)20-13-14-21-25(23,24)18-10-5-16(2)6-11-18/h3-8,10-11,21H,9,12-14H2,1-2H3,(H,20,22).